The number of carbonyl (C=O) groups is 1. The molecule has 0 saturated carbocycles. The lowest BCUT2D eigenvalue weighted by Crippen LogP contribution is -2.46. The second-order valence-electron chi connectivity index (χ2n) is 5.91. The normalized spacial score (nSPS) is 25.9. The number of hydrogen-bond acceptors (Lipinski definition) is 3. The maximum atomic E-state index is 12.3. The van der Waals surface area contributed by atoms with Crippen molar-refractivity contribution in [3.63, 3.8) is 0 Å². The van der Waals surface area contributed by atoms with Crippen LogP contribution in [0.25, 0.3) is 0 Å². The minimum Gasteiger partial charge on any atom is -0.373 e. The van der Waals surface area contributed by atoms with Crippen LogP contribution >= 0.6 is 0 Å². The largest absolute Gasteiger partial charge is 0.373 e. The summed E-state index contributed by atoms with van der Waals surface area (Å²) in [7, 11) is 2.14. The summed E-state index contributed by atoms with van der Waals surface area (Å²) in [6.07, 6.45) is 4.29. The van der Waals surface area contributed by atoms with Gasteiger partial charge in [-0.25, -0.2) is 0 Å². The van der Waals surface area contributed by atoms with Gasteiger partial charge in [-0.1, -0.05) is 18.2 Å². The van der Waals surface area contributed by atoms with Crippen LogP contribution in [-0.4, -0.2) is 43.0 Å². The van der Waals surface area contributed by atoms with Crippen molar-refractivity contribution < 1.29 is 4.79 Å². The Bertz CT molecular complexity index is 488. The maximum Gasteiger partial charge on any atom is 0.242 e. The highest BCUT2D eigenvalue weighted by Crippen LogP contribution is 2.24. The van der Waals surface area contributed by atoms with Gasteiger partial charge in [0.2, 0.25) is 5.91 Å². The second kappa shape index (κ2) is 5.83. The molecule has 20 heavy (non-hydrogen) atoms. The van der Waals surface area contributed by atoms with Gasteiger partial charge in [-0.2, -0.15) is 0 Å². The van der Waals surface area contributed by atoms with E-state index in [1.165, 1.54) is 18.4 Å². The number of anilines is 1. The van der Waals surface area contributed by atoms with Gasteiger partial charge in [0.15, 0.2) is 0 Å². The molecule has 0 aromatic heterocycles. The number of amides is 1. The molecule has 2 aliphatic heterocycles. The molecule has 4 nitrogen and oxygen atoms in total. The molecule has 2 aliphatic rings. The van der Waals surface area contributed by atoms with Crippen molar-refractivity contribution in [2.45, 2.75) is 37.8 Å². The number of hydrogen-bond donors (Lipinski definition) is 2. The zero-order chi connectivity index (χ0) is 13.9. The molecule has 2 unspecified atom stereocenters. The fraction of sp³-hybridized carbons (Fsp3) is 0.562. The summed E-state index contributed by atoms with van der Waals surface area (Å²) in [5.74, 6) is 0.139. The number of likely N-dealkylation sites (tertiary alicyclic amines) is 1. The number of rotatable bonds is 3. The Labute approximate surface area is 120 Å². The van der Waals surface area contributed by atoms with Gasteiger partial charge in [-0.3, -0.25) is 4.79 Å². The first-order valence-electron chi connectivity index (χ1n) is 7.56. The van der Waals surface area contributed by atoms with Crippen molar-refractivity contribution in [3.05, 3.63) is 29.8 Å². The molecule has 2 atom stereocenters. The quantitative estimate of drug-likeness (QED) is 0.879. The van der Waals surface area contributed by atoms with Gasteiger partial charge in [-0.05, 0) is 50.9 Å². The molecule has 4 heteroatoms. The minimum absolute atomic E-state index is 0.0865. The van der Waals surface area contributed by atoms with E-state index >= 15 is 0 Å². The number of carbonyl (C=O) groups excluding carboxylic acids is 1. The standard InChI is InChI=1S/C16H23N3O/c1-19-10-4-6-13(19)11-17-16(20)15-9-8-12-5-2-3-7-14(12)18-15/h2-3,5,7,13,15,18H,4,6,8-11H2,1H3,(H,17,20). The third-order valence-electron chi connectivity index (χ3n) is 4.55. The molecule has 1 amide bonds. The minimum atomic E-state index is -0.0865. The van der Waals surface area contributed by atoms with E-state index in [-0.39, 0.29) is 11.9 Å². The molecule has 0 spiro atoms. The average molecular weight is 273 g/mol. The van der Waals surface area contributed by atoms with E-state index in [1.54, 1.807) is 0 Å². The van der Waals surface area contributed by atoms with Crippen LogP contribution in [0.3, 0.4) is 0 Å². The molecule has 0 aliphatic carbocycles. The molecule has 1 saturated heterocycles. The van der Waals surface area contributed by atoms with Crippen molar-refractivity contribution >= 4 is 11.6 Å². The molecule has 1 aromatic rings. The predicted molar refractivity (Wildman–Crippen MR) is 80.8 cm³/mol. The first-order chi connectivity index (χ1) is 9.74. The van der Waals surface area contributed by atoms with Crippen molar-refractivity contribution in [1.82, 2.24) is 10.2 Å². The van der Waals surface area contributed by atoms with Gasteiger partial charge < -0.3 is 15.5 Å². The summed E-state index contributed by atoms with van der Waals surface area (Å²) in [5, 5.41) is 6.47. The Kier molecular flexibility index (Phi) is 3.92. The summed E-state index contributed by atoms with van der Waals surface area (Å²) in [6.45, 7) is 1.92. The third kappa shape index (κ3) is 2.80. The summed E-state index contributed by atoms with van der Waals surface area (Å²) >= 11 is 0. The van der Waals surface area contributed by atoms with Gasteiger partial charge in [0.05, 0.1) is 0 Å². The molecular formula is C16H23N3O. The Morgan fingerprint density at radius 2 is 2.25 bits per heavy atom. The molecule has 1 fully saturated rings. The van der Waals surface area contributed by atoms with E-state index in [2.05, 4.69) is 40.8 Å². The topological polar surface area (TPSA) is 44.4 Å². The van der Waals surface area contributed by atoms with Gasteiger partial charge in [0.1, 0.15) is 6.04 Å². The monoisotopic (exact) mass is 273 g/mol. The Hall–Kier alpha value is -1.55. The number of nitrogens with zero attached hydrogens (tertiary/aromatic N) is 1. The predicted octanol–water partition coefficient (Wildman–Crippen LogP) is 1.62. The highest BCUT2D eigenvalue weighted by atomic mass is 16.2. The number of para-hydroxylation sites is 1. The second-order valence-corrected chi connectivity index (χ2v) is 5.91. The number of likely N-dealkylation sites (N-methyl/N-ethyl adjacent to an activating group) is 1. The fourth-order valence-electron chi connectivity index (χ4n) is 3.21. The van der Waals surface area contributed by atoms with Crippen LogP contribution in [0.4, 0.5) is 5.69 Å². The molecule has 3 rings (SSSR count). The summed E-state index contributed by atoms with van der Waals surface area (Å²) in [4.78, 5) is 14.6. The van der Waals surface area contributed by atoms with Crippen LogP contribution in [0, 0.1) is 0 Å². The van der Waals surface area contributed by atoms with Crippen LogP contribution in [0.1, 0.15) is 24.8 Å². The SMILES string of the molecule is CN1CCCC1CNC(=O)C1CCc2ccccc2N1. The first kappa shape index (κ1) is 13.4. The van der Waals surface area contributed by atoms with E-state index in [0.717, 1.165) is 31.6 Å². The van der Waals surface area contributed by atoms with Gasteiger partial charge >= 0.3 is 0 Å². The van der Waals surface area contributed by atoms with Crippen LogP contribution in [0.2, 0.25) is 0 Å². The average Bonchev–Trinajstić information content (AvgIpc) is 2.89. The lowest BCUT2D eigenvalue weighted by molar-refractivity contribution is -0.122. The lowest BCUT2D eigenvalue weighted by atomic mass is 9.97. The Morgan fingerprint density at radius 1 is 1.40 bits per heavy atom. The molecule has 2 heterocycles. The highest BCUT2D eigenvalue weighted by molar-refractivity contribution is 5.85. The van der Waals surface area contributed by atoms with Crippen molar-refractivity contribution in [2.75, 3.05) is 25.5 Å². The van der Waals surface area contributed by atoms with Crippen LogP contribution in [0.5, 0.6) is 0 Å². The zero-order valence-electron chi connectivity index (χ0n) is 12.1. The smallest absolute Gasteiger partial charge is 0.242 e. The van der Waals surface area contributed by atoms with Gasteiger partial charge in [-0.15, -0.1) is 0 Å². The van der Waals surface area contributed by atoms with Crippen molar-refractivity contribution in [2.24, 2.45) is 0 Å². The van der Waals surface area contributed by atoms with Gasteiger partial charge in [0.25, 0.3) is 0 Å². The summed E-state index contributed by atoms with van der Waals surface area (Å²) in [5.41, 5.74) is 2.42. The lowest BCUT2D eigenvalue weighted by Gasteiger charge is -2.27. The molecule has 1 aromatic carbocycles. The molecule has 108 valence electrons. The fourth-order valence-corrected chi connectivity index (χ4v) is 3.21. The van der Waals surface area contributed by atoms with Crippen LogP contribution < -0.4 is 10.6 Å². The molecule has 0 bridgehead atoms. The van der Waals surface area contributed by atoms with Crippen molar-refractivity contribution in [3.8, 4) is 0 Å². The van der Waals surface area contributed by atoms with E-state index in [0.29, 0.717) is 6.04 Å². The highest BCUT2D eigenvalue weighted by Gasteiger charge is 2.26. The maximum absolute atomic E-state index is 12.3. The molecule has 0 radical (unpaired) electrons. The van der Waals surface area contributed by atoms with Crippen molar-refractivity contribution in [1.29, 1.82) is 0 Å². The van der Waals surface area contributed by atoms with E-state index < -0.39 is 0 Å². The Morgan fingerprint density at radius 3 is 3.05 bits per heavy atom. The summed E-state index contributed by atoms with van der Waals surface area (Å²) < 4.78 is 0. The number of nitrogens with one attached hydrogen (secondary N) is 2. The van der Waals surface area contributed by atoms with Crippen LogP contribution in [-0.2, 0) is 11.2 Å². The third-order valence-corrected chi connectivity index (χ3v) is 4.55. The van der Waals surface area contributed by atoms with Crippen LogP contribution in [0.15, 0.2) is 24.3 Å². The van der Waals surface area contributed by atoms with Gasteiger partial charge in [0, 0.05) is 18.3 Å². The van der Waals surface area contributed by atoms with E-state index in [9.17, 15) is 4.79 Å². The summed E-state index contributed by atoms with van der Waals surface area (Å²) in [6, 6.07) is 8.67. The van der Waals surface area contributed by atoms with E-state index in [1.807, 2.05) is 6.07 Å². The number of benzene rings is 1. The molecular weight excluding hydrogens is 250 g/mol. The zero-order valence-corrected chi connectivity index (χ0v) is 12.1. The first-order valence-corrected chi connectivity index (χ1v) is 7.56. The molecule has 2 N–H and O–H groups in total. The van der Waals surface area contributed by atoms with E-state index in [4.69, 9.17) is 0 Å². The number of fused-ring (bicyclic) bond motifs is 1. The Balaban J connectivity index is 1.54. The number of aryl methyl sites for hydroxylation is 1.